The number of fused-ring (bicyclic) bond motifs is 1. The molecule has 0 aliphatic heterocycles. The Morgan fingerprint density at radius 2 is 1.92 bits per heavy atom. The van der Waals surface area contributed by atoms with E-state index in [4.69, 9.17) is 11.6 Å². The minimum Gasteiger partial charge on any atom is -0.251 e. The van der Waals surface area contributed by atoms with Gasteiger partial charge in [0.15, 0.2) is 0 Å². The second-order valence-electron chi connectivity index (χ2n) is 5.13. The molecule has 2 aromatic carbocycles. The van der Waals surface area contributed by atoms with Crippen molar-refractivity contribution in [3.8, 4) is 0 Å². The zero-order chi connectivity index (χ0) is 17.1. The number of hydrogen-bond acceptors (Lipinski definition) is 7. The van der Waals surface area contributed by atoms with Gasteiger partial charge in [-0.3, -0.25) is 5.43 Å². The first-order chi connectivity index (χ1) is 12.3. The zero-order valence-electron chi connectivity index (χ0n) is 12.9. The van der Waals surface area contributed by atoms with Crippen molar-refractivity contribution in [3.63, 3.8) is 0 Å². The van der Waals surface area contributed by atoms with Gasteiger partial charge in [-0.2, -0.15) is 5.10 Å². The summed E-state index contributed by atoms with van der Waals surface area (Å²) in [7, 11) is 0. The van der Waals surface area contributed by atoms with E-state index in [1.54, 1.807) is 10.9 Å². The maximum atomic E-state index is 6.08. The Hall–Kier alpha value is -2.84. The average molecular weight is 370 g/mol. The van der Waals surface area contributed by atoms with Gasteiger partial charge in [0.25, 0.3) is 0 Å². The van der Waals surface area contributed by atoms with Crippen molar-refractivity contribution in [1.29, 1.82) is 0 Å². The average Bonchev–Trinajstić information content (AvgIpc) is 3.25. The van der Waals surface area contributed by atoms with Crippen molar-refractivity contribution in [2.24, 2.45) is 5.10 Å². The van der Waals surface area contributed by atoms with Crippen LogP contribution in [0.5, 0.6) is 0 Å². The van der Waals surface area contributed by atoms with E-state index in [1.165, 1.54) is 11.3 Å². The van der Waals surface area contributed by atoms with Gasteiger partial charge < -0.3 is 0 Å². The maximum Gasteiger partial charge on any atom is 0.226 e. The van der Waals surface area contributed by atoms with Crippen molar-refractivity contribution < 1.29 is 0 Å². The van der Waals surface area contributed by atoms with E-state index < -0.39 is 0 Å². The third-order valence-corrected chi connectivity index (χ3v) is 4.60. The van der Waals surface area contributed by atoms with Gasteiger partial charge >= 0.3 is 0 Å². The second-order valence-corrected chi connectivity index (χ2v) is 6.60. The molecule has 0 spiro atoms. The summed E-state index contributed by atoms with van der Waals surface area (Å²) < 4.78 is 1.80. The Balaban J connectivity index is 1.45. The smallest absolute Gasteiger partial charge is 0.226 e. The van der Waals surface area contributed by atoms with Gasteiger partial charge in [-0.25, -0.2) is 4.68 Å². The van der Waals surface area contributed by atoms with Gasteiger partial charge in [0, 0.05) is 10.6 Å². The number of hydrazone groups is 1. The van der Waals surface area contributed by atoms with Crippen LogP contribution in [0.3, 0.4) is 0 Å². The Kier molecular flexibility index (Phi) is 4.36. The van der Waals surface area contributed by atoms with Crippen LogP contribution in [0, 0.1) is 0 Å². The number of halogens is 1. The molecule has 0 amide bonds. The monoisotopic (exact) mass is 369 g/mol. The molecule has 0 fully saturated rings. The third kappa shape index (κ3) is 3.49. The summed E-state index contributed by atoms with van der Waals surface area (Å²) in [6.45, 7) is 0.508. The van der Waals surface area contributed by atoms with Crippen LogP contribution in [0.1, 0.15) is 10.6 Å². The van der Waals surface area contributed by atoms with Crippen LogP contribution in [0.4, 0.5) is 5.13 Å². The van der Waals surface area contributed by atoms with Gasteiger partial charge in [0.05, 0.1) is 18.3 Å². The lowest BCUT2D eigenvalue weighted by Crippen LogP contribution is -2.01. The first kappa shape index (κ1) is 15.7. The highest BCUT2D eigenvalue weighted by Gasteiger charge is 2.08. The normalized spacial score (nSPS) is 11.4. The van der Waals surface area contributed by atoms with Gasteiger partial charge in [0.1, 0.15) is 10.5 Å². The SMILES string of the molecule is Clc1ccccc1/C=N/Nc1nnc(Cn2nnc3ccccc32)s1. The summed E-state index contributed by atoms with van der Waals surface area (Å²) in [5, 5.41) is 22.7. The molecule has 25 heavy (non-hydrogen) atoms. The number of nitrogens with zero attached hydrogens (tertiary/aromatic N) is 6. The summed E-state index contributed by atoms with van der Waals surface area (Å²) in [6.07, 6.45) is 1.65. The molecule has 0 aliphatic carbocycles. The molecule has 4 aromatic rings. The molecule has 124 valence electrons. The minimum atomic E-state index is 0.508. The number of nitrogens with one attached hydrogen (secondary N) is 1. The van der Waals surface area contributed by atoms with Crippen molar-refractivity contribution in [3.05, 3.63) is 64.1 Å². The standard InChI is InChI=1S/C16H12ClN7S/c17-12-6-2-1-5-11(12)9-18-21-16-22-20-15(25-16)10-24-14-8-4-3-7-13(14)19-23-24/h1-9H,10H2,(H,21,22)/b18-9+. The molecule has 0 saturated heterocycles. The fraction of sp³-hybridized carbons (Fsp3) is 0.0625. The number of rotatable bonds is 5. The molecule has 0 atom stereocenters. The quantitative estimate of drug-likeness (QED) is 0.430. The molecule has 0 unspecified atom stereocenters. The van der Waals surface area contributed by atoms with Crippen molar-refractivity contribution >= 4 is 45.3 Å². The lowest BCUT2D eigenvalue weighted by Gasteiger charge is -1.97. The van der Waals surface area contributed by atoms with Gasteiger partial charge in [-0.1, -0.05) is 58.5 Å². The fourth-order valence-corrected chi connectivity index (χ4v) is 3.12. The van der Waals surface area contributed by atoms with Crippen LogP contribution >= 0.6 is 22.9 Å². The lowest BCUT2D eigenvalue weighted by molar-refractivity contribution is 0.662. The van der Waals surface area contributed by atoms with Crippen LogP contribution in [-0.4, -0.2) is 31.4 Å². The first-order valence-corrected chi connectivity index (χ1v) is 8.63. The molecule has 0 saturated carbocycles. The molecular formula is C16H12ClN7S. The summed E-state index contributed by atoms with van der Waals surface area (Å²) in [6, 6.07) is 15.3. The van der Waals surface area contributed by atoms with E-state index in [9.17, 15) is 0 Å². The van der Waals surface area contributed by atoms with Gasteiger partial charge in [-0.05, 0) is 18.2 Å². The molecule has 1 N–H and O–H groups in total. The summed E-state index contributed by atoms with van der Waals surface area (Å²) >= 11 is 7.49. The van der Waals surface area contributed by atoms with Crippen LogP contribution in [0.15, 0.2) is 53.6 Å². The number of aromatic nitrogens is 5. The maximum absolute atomic E-state index is 6.08. The number of hydrogen-bond donors (Lipinski definition) is 1. The molecule has 4 rings (SSSR count). The predicted octanol–water partition coefficient (Wildman–Crippen LogP) is 3.43. The van der Waals surface area contributed by atoms with E-state index in [1.807, 2.05) is 48.5 Å². The Morgan fingerprint density at radius 3 is 2.84 bits per heavy atom. The van der Waals surface area contributed by atoms with Crippen LogP contribution < -0.4 is 5.43 Å². The minimum absolute atomic E-state index is 0.508. The molecule has 0 aliphatic rings. The highest BCUT2D eigenvalue weighted by atomic mass is 35.5. The Bertz CT molecular complexity index is 1040. The number of para-hydroxylation sites is 1. The van der Waals surface area contributed by atoms with E-state index in [2.05, 4.69) is 31.0 Å². The van der Waals surface area contributed by atoms with E-state index in [-0.39, 0.29) is 0 Å². The molecule has 0 radical (unpaired) electrons. The van der Waals surface area contributed by atoms with Crippen LogP contribution in [0.2, 0.25) is 5.02 Å². The van der Waals surface area contributed by atoms with E-state index in [0.717, 1.165) is 21.6 Å². The zero-order valence-corrected chi connectivity index (χ0v) is 14.4. The molecule has 0 bridgehead atoms. The molecule has 2 heterocycles. The summed E-state index contributed by atoms with van der Waals surface area (Å²) in [5.41, 5.74) is 5.52. The van der Waals surface area contributed by atoms with Crippen LogP contribution in [-0.2, 0) is 6.54 Å². The largest absolute Gasteiger partial charge is 0.251 e. The van der Waals surface area contributed by atoms with E-state index >= 15 is 0 Å². The van der Waals surface area contributed by atoms with Crippen molar-refractivity contribution in [2.45, 2.75) is 6.54 Å². The summed E-state index contributed by atoms with van der Waals surface area (Å²) in [5.74, 6) is 0. The number of benzene rings is 2. The first-order valence-electron chi connectivity index (χ1n) is 7.44. The predicted molar refractivity (Wildman–Crippen MR) is 99.2 cm³/mol. The Labute approximate surface area is 152 Å². The third-order valence-electron chi connectivity index (χ3n) is 3.44. The second kappa shape index (κ2) is 6.96. The fourth-order valence-electron chi connectivity index (χ4n) is 2.26. The van der Waals surface area contributed by atoms with Crippen molar-refractivity contribution in [2.75, 3.05) is 5.43 Å². The molecular weight excluding hydrogens is 358 g/mol. The summed E-state index contributed by atoms with van der Waals surface area (Å²) in [4.78, 5) is 0. The van der Waals surface area contributed by atoms with E-state index in [0.29, 0.717) is 16.7 Å². The van der Waals surface area contributed by atoms with Gasteiger partial charge in [0.2, 0.25) is 5.13 Å². The van der Waals surface area contributed by atoms with Crippen LogP contribution in [0.25, 0.3) is 11.0 Å². The highest BCUT2D eigenvalue weighted by molar-refractivity contribution is 7.15. The van der Waals surface area contributed by atoms with Gasteiger partial charge in [-0.15, -0.1) is 15.3 Å². The Morgan fingerprint density at radius 1 is 1.08 bits per heavy atom. The molecule has 7 nitrogen and oxygen atoms in total. The molecule has 2 aromatic heterocycles. The number of anilines is 1. The highest BCUT2D eigenvalue weighted by Crippen LogP contribution is 2.18. The topological polar surface area (TPSA) is 80.9 Å². The lowest BCUT2D eigenvalue weighted by atomic mass is 10.2. The molecule has 9 heteroatoms. The van der Waals surface area contributed by atoms with Crippen molar-refractivity contribution in [1.82, 2.24) is 25.2 Å².